The van der Waals surface area contributed by atoms with Gasteiger partial charge < -0.3 is 14.2 Å². The van der Waals surface area contributed by atoms with Crippen molar-refractivity contribution < 1.29 is 28.6 Å². The lowest BCUT2D eigenvalue weighted by Gasteiger charge is -2.18. The van der Waals surface area contributed by atoms with Gasteiger partial charge in [0.25, 0.3) is 0 Å². The van der Waals surface area contributed by atoms with Gasteiger partial charge in [0.05, 0.1) is 0 Å². The molecule has 0 amide bonds. The second-order valence-electron chi connectivity index (χ2n) is 16.4. The lowest BCUT2D eigenvalue weighted by Crippen LogP contribution is -2.30. The number of hydrogen-bond donors (Lipinski definition) is 0. The highest BCUT2D eigenvalue weighted by Gasteiger charge is 2.19. The van der Waals surface area contributed by atoms with Crippen molar-refractivity contribution in [2.75, 3.05) is 13.2 Å². The Morgan fingerprint density at radius 1 is 0.351 bits per heavy atom. The molecule has 6 nitrogen and oxygen atoms in total. The van der Waals surface area contributed by atoms with Gasteiger partial charge in [-0.3, -0.25) is 14.4 Å². The van der Waals surface area contributed by atoms with E-state index in [2.05, 4.69) is 57.2 Å². The molecule has 0 aromatic rings. The Labute approximate surface area is 353 Å². The zero-order chi connectivity index (χ0) is 41.5. The molecule has 6 heteroatoms. The predicted octanol–water partition coefficient (Wildman–Crippen LogP) is 15.8. The Hall–Kier alpha value is -2.37. The molecule has 0 aliphatic carbocycles. The molecule has 0 heterocycles. The van der Waals surface area contributed by atoms with Crippen LogP contribution in [0.1, 0.15) is 252 Å². The molecule has 0 aromatic carbocycles. The molecular weight excluding hydrogens is 709 g/mol. The second kappa shape index (κ2) is 46.3. The number of allylic oxidation sites excluding steroid dienone is 6. The Balaban J connectivity index is 4.02. The molecule has 332 valence electrons. The standard InChI is InChI=1S/C51H92O6/c1-4-7-10-13-15-17-18-19-20-21-22-23-24-25-26-27-28-29-30-31-32-34-35-38-41-44-50(53)56-47-48(46-55-49(52)43-40-37-12-9-6-3)57-51(54)45-42-39-36-33-16-14-11-8-5-2/h18-19,21-22,24-25,48H,4-17,20,23,26-47H2,1-3H3/b19-18-,22-21-,25-24-. The van der Waals surface area contributed by atoms with Crippen LogP contribution in [-0.4, -0.2) is 37.2 Å². The summed E-state index contributed by atoms with van der Waals surface area (Å²) in [6, 6.07) is 0. The van der Waals surface area contributed by atoms with Gasteiger partial charge in [-0.2, -0.15) is 0 Å². The first kappa shape index (κ1) is 54.6. The van der Waals surface area contributed by atoms with Gasteiger partial charge in [0.1, 0.15) is 13.2 Å². The average Bonchev–Trinajstić information content (AvgIpc) is 3.21. The van der Waals surface area contributed by atoms with E-state index < -0.39 is 6.10 Å². The molecule has 0 radical (unpaired) electrons. The van der Waals surface area contributed by atoms with Crippen molar-refractivity contribution in [2.45, 2.75) is 258 Å². The molecule has 0 fully saturated rings. The van der Waals surface area contributed by atoms with Crippen molar-refractivity contribution in [3.05, 3.63) is 36.5 Å². The summed E-state index contributed by atoms with van der Waals surface area (Å²) in [5.41, 5.74) is 0. The van der Waals surface area contributed by atoms with E-state index in [4.69, 9.17) is 14.2 Å². The van der Waals surface area contributed by atoms with Gasteiger partial charge in [-0.25, -0.2) is 0 Å². The second-order valence-corrected chi connectivity index (χ2v) is 16.4. The molecule has 0 saturated carbocycles. The highest BCUT2D eigenvalue weighted by molar-refractivity contribution is 5.71. The molecule has 0 bridgehead atoms. The molecule has 0 spiro atoms. The molecule has 0 rings (SSSR count). The van der Waals surface area contributed by atoms with Crippen LogP contribution in [0.25, 0.3) is 0 Å². The van der Waals surface area contributed by atoms with Crippen LogP contribution in [0.5, 0.6) is 0 Å². The first-order valence-electron chi connectivity index (χ1n) is 24.5. The monoisotopic (exact) mass is 801 g/mol. The minimum absolute atomic E-state index is 0.0722. The molecular formula is C51H92O6. The largest absolute Gasteiger partial charge is 0.462 e. The van der Waals surface area contributed by atoms with Crippen LogP contribution in [0.15, 0.2) is 36.5 Å². The highest BCUT2D eigenvalue weighted by Crippen LogP contribution is 2.15. The summed E-state index contributed by atoms with van der Waals surface area (Å²) in [5, 5.41) is 0. The van der Waals surface area contributed by atoms with E-state index in [1.165, 1.54) is 135 Å². The van der Waals surface area contributed by atoms with Crippen molar-refractivity contribution in [1.82, 2.24) is 0 Å². The van der Waals surface area contributed by atoms with E-state index >= 15 is 0 Å². The minimum Gasteiger partial charge on any atom is -0.462 e. The van der Waals surface area contributed by atoms with E-state index in [1.807, 2.05) is 0 Å². The van der Waals surface area contributed by atoms with Crippen molar-refractivity contribution in [3.63, 3.8) is 0 Å². The number of esters is 3. The molecule has 1 atom stereocenters. The normalized spacial score (nSPS) is 12.3. The first-order chi connectivity index (χ1) is 28.0. The maximum atomic E-state index is 12.6. The third-order valence-electron chi connectivity index (χ3n) is 10.6. The molecule has 57 heavy (non-hydrogen) atoms. The van der Waals surface area contributed by atoms with Gasteiger partial charge >= 0.3 is 17.9 Å². The fraction of sp³-hybridized carbons (Fsp3) is 0.824. The van der Waals surface area contributed by atoms with E-state index in [-0.39, 0.29) is 31.1 Å². The topological polar surface area (TPSA) is 78.9 Å². The predicted molar refractivity (Wildman–Crippen MR) is 242 cm³/mol. The summed E-state index contributed by atoms with van der Waals surface area (Å²) in [4.78, 5) is 37.4. The van der Waals surface area contributed by atoms with Gasteiger partial charge in [0, 0.05) is 19.3 Å². The summed E-state index contributed by atoms with van der Waals surface area (Å²) >= 11 is 0. The lowest BCUT2D eigenvalue weighted by molar-refractivity contribution is -0.167. The SMILES string of the molecule is CCCCCCC/C=C\C/C=C\C/C=C\CCCCCCCCCCCCC(=O)OCC(COC(=O)CCCCCCC)OC(=O)CCCCCCCCCCC. The molecule has 1 unspecified atom stereocenters. The van der Waals surface area contributed by atoms with E-state index in [0.717, 1.165) is 77.0 Å². The summed E-state index contributed by atoms with van der Waals surface area (Å²) in [6.07, 6.45) is 53.2. The first-order valence-corrected chi connectivity index (χ1v) is 24.5. The molecule has 0 aliphatic rings. The van der Waals surface area contributed by atoms with Gasteiger partial charge in [-0.05, 0) is 57.8 Å². The maximum absolute atomic E-state index is 12.6. The fourth-order valence-corrected chi connectivity index (χ4v) is 6.92. The Morgan fingerprint density at radius 3 is 0.982 bits per heavy atom. The van der Waals surface area contributed by atoms with Crippen LogP contribution in [0.3, 0.4) is 0 Å². The van der Waals surface area contributed by atoms with Crippen molar-refractivity contribution in [1.29, 1.82) is 0 Å². The summed E-state index contributed by atoms with van der Waals surface area (Å²) < 4.78 is 16.6. The quantitative estimate of drug-likeness (QED) is 0.0264. The Kier molecular flexibility index (Phi) is 44.4. The summed E-state index contributed by atoms with van der Waals surface area (Å²) in [5.74, 6) is -0.889. The van der Waals surface area contributed by atoms with Crippen LogP contribution in [0.2, 0.25) is 0 Å². The van der Waals surface area contributed by atoms with Crippen LogP contribution >= 0.6 is 0 Å². The third-order valence-corrected chi connectivity index (χ3v) is 10.6. The zero-order valence-corrected chi connectivity index (χ0v) is 37.9. The molecule has 0 aromatic heterocycles. The fourth-order valence-electron chi connectivity index (χ4n) is 6.92. The third kappa shape index (κ3) is 44.6. The average molecular weight is 801 g/mol. The maximum Gasteiger partial charge on any atom is 0.306 e. The minimum atomic E-state index is -0.764. The van der Waals surface area contributed by atoms with Crippen molar-refractivity contribution >= 4 is 17.9 Å². The van der Waals surface area contributed by atoms with Gasteiger partial charge in [-0.15, -0.1) is 0 Å². The highest BCUT2D eigenvalue weighted by atomic mass is 16.6. The smallest absolute Gasteiger partial charge is 0.306 e. The molecule has 0 N–H and O–H groups in total. The number of rotatable bonds is 44. The molecule has 0 saturated heterocycles. The number of carbonyl (C=O) groups is 3. The van der Waals surface area contributed by atoms with Gasteiger partial charge in [0.2, 0.25) is 0 Å². The Morgan fingerprint density at radius 2 is 0.632 bits per heavy atom. The number of unbranched alkanes of at least 4 members (excludes halogenated alkanes) is 27. The number of carbonyl (C=O) groups excluding carboxylic acids is 3. The van der Waals surface area contributed by atoms with Gasteiger partial charge in [-0.1, -0.05) is 211 Å². The van der Waals surface area contributed by atoms with Crippen LogP contribution in [0, 0.1) is 0 Å². The Bertz CT molecular complexity index is 969. The van der Waals surface area contributed by atoms with Crippen molar-refractivity contribution in [2.24, 2.45) is 0 Å². The van der Waals surface area contributed by atoms with E-state index in [1.54, 1.807) is 0 Å². The van der Waals surface area contributed by atoms with Crippen molar-refractivity contribution in [3.8, 4) is 0 Å². The van der Waals surface area contributed by atoms with Crippen LogP contribution in [0.4, 0.5) is 0 Å². The zero-order valence-electron chi connectivity index (χ0n) is 37.9. The van der Waals surface area contributed by atoms with Gasteiger partial charge in [0.15, 0.2) is 6.10 Å². The molecule has 0 aliphatic heterocycles. The van der Waals surface area contributed by atoms with Crippen LogP contribution in [-0.2, 0) is 28.6 Å². The lowest BCUT2D eigenvalue weighted by atomic mass is 10.1. The van der Waals surface area contributed by atoms with Crippen LogP contribution < -0.4 is 0 Å². The summed E-state index contributed by atoms with van der Waals surface area (Å²) in [6.45, 7) is 6.52. The summed E-state index contributed by atoms with van der Waals surface area (Å²) in [7, 11) is 0. The van der Waals surface area contributed by atoms with E-state index in [9.17, 15) is 14.4 Å². The number of ether oxygens (including phenoxy) is 3. The number of hydrogen-bond acceptors (Lipinski definition) is 6. The van der Waals surface area contributed by atoms with E-state index in [0.29, 0.717) is 19.3 Å².